The summed E-state index contributed by atoms with van der Waals surface area (Å²) in [5.74, 6) is -1.01. The fourth-order valence-corrected chi connectivity index (χ4v) is 3.47. The van der Waals surface area contributed by atoms with Gasteiger partial charge in [0.25, 0.3) is 0 Å². The Labute approximate surface area is 170 Å². The number of carbonyl (C=O) groups excluding carboxylic acids is 4. The van der Waals surface area contributed by atoms with Gasteiger partial charge < -0.3 is 8.94 Å². The van der Waals surface area contributed by atoms with Crippen LogP contribution < -0.4 is 0 Å². The molecule has 30 heavy (non-hydrogen) atoms. The minimum atomic E-state index is -1.04. The predicted octanol–water partition coefficient (Wildman–Crippen LogP) is 2.16. The number of carbonyl (C=O) groups is 4. The number of aryl methyl sites for hydroxylation is 2. The highest BCUT2D eigenvalue weighted by atomic mass is 16.5. The summed E-state index contributed by atoms with van der Waals surface area (Å²) < 4.78 is 12.0. The first-order valence-electron chi connectivity index (χ1n) is 9.13. The number of hydrogen-bond donors (Lipinski definition) is 0. The van der Waals surface area contributed by atoms with Crippen molar-refractivity contribution < 1.29 is 28.1 Å². The van der Waals surface area contributed by atoms with E-state index in [1.807, 2.05) is 0 Å². The number of urea groups is 1. The zero-order valence-electron chi connectivity index (χ0n) is 16.5. The van der Waals surface area contributed by atoms with E-state index in [9.17, 15) is 19.2 Å². The summed E-state index contributed by atoms with van der Waals surface area (Å²) in [6.07, 6.45) is 1.40. The molecule has 0 bridgehead atoms. The molecule has 0 N–H and O–H groups in total. The largest absolute Gasteiger partial charge is 0.467 e. The number of amides is 4. The third kappa shape index (κ3) is 3.11. The van der Waals surface area contributed by atoms with Gasteiger partial charge in [0.05, 0.1) is 19.4 Å². The molecule has 0 aromatic carbocycles. The first-order chi connectivity index (χ1) is 14.3. The van der Waals surface area contributed by atoms with Gasteiger partial charge in [0.2, 0.25) is 0 Å². The second-order valence-electron chi connectivity index (χ2n) is 6.98. The zero-order chi connectivity index (χ0) is 21.6. The Morgan fingerprint density at radius 1 is 1.07 bits per heavy atom. The molecule has 4 rings (SSSR count). The summed E-state index contributed by atoms with van der Waals surface area (Å²) in [4.78, 5) is 51.4. The lowest BCUT2D eigenvalue weighted by Crippen LogP contribution is -2.37. The van der Waals surface area contributed by atoms with Crippen molar-refractivity contribution in [3.63, 3.8) is 0 Å². The van der Waals surface area contributed by atoms with Crippen molar-refractivity contribution in [1.82, 2.24) is 19.5 Å². The second-order valence-corrected chi connectivity index (χ2v) is 6.98. The Balaban J connectivity index is 1.56. The smallest absolute Gasteiger partial charge is 0.335 e. The van der Waals surface area contributed by atoms with Crippen molar-refractivity contribution in [3.8, 4) is 5.82 Å². The molecule has 3 aromatic rings. The molecule has 3 aromatic heterocycles. The maximum Gasteiger partial charge on any atom is 0.335 e. The average Bonchev–Trinajstić information content (AvgIpc) is 3.46. The molecule has 0 radical (unpaired) electrons. The summed E-state index contributed by atoms with van der Waals surface area (Å²) in [6.45, 7) is 4.56. The molecule has 10 nitrogen and oxygen atoms in total. The lowest BCUT2D eigenvalue weighted by molar-refractivity contribution is -0.143. The van der Waals surface area contributed by atoms with Gasteiger partial charge >= 0.3 is 17.8 Å². The summed E-state index contributed by atoms with van der Waals surface area (Å²) in [5.41, 5.74) is 1.65. The van der Waals surface area contributed by atoms with Crippen LogP contribution in [0.15, 0.2) is 39.5 Å². The summed E-state index contributed by atoms with van der Waals surface area (Å²) >= 11 is 0. The normalized spacial score (nSPS) is 14.3. The van der Waals surface area contributed by atoms with Crippen molar-refractivity contribution in [1.29, 1.82) is 0 Å². The topological polar surface area (TPSA) is 119 Å². The molecular weight excluding hydrogens is 392 g/mol. The quantitative estimate of drug-likeness (QED) is 0.347. The molecule has 0 spiro atoms. The van der Waals surface area contributed by atoms with E-state index >= 15 is 0 Å². The van der Waals surface area contributed by atoms with Crippen LogP contribution in [0.1, 0.15) is 33.3 Å². The Morgan fingerprint density at radius 3 is 2.43 bits per heavy atom. The minimum Gasteiger partial charge on any atom is -0.467 e. The van der Waals surface area contributed by atoms with Crippen molar-refractivity contribution in [2.75, 3.05) is 6.54 Å². The molecule has 4 heterocycles. The van der Waals surface area contributed by atoms with Crippen molar-refractivity contribution in [3.05, 3.63) is 59.0 Å². The van der Waals surface area contributed by atoms with Crippen molar-refractivity contribution >= 4 is 23.6 Å². The van der Waals surface area contributed by atoms with Crippen molar-refractivity contribution in [2.45, 2.75) is 27.3 Å². The van der Waals surface area contributed by atoms with Crippen LogP contribution in [0.2, 0.25) is 0 Å². The molecule has 10 heteroatoms. The van der Waals surface area contributed by atoms with Crippen LogP contribution >= 0.6 is 0 Å². The van der Waals surface area contributed by atoms with Gasteiger partial charge in [0, 0.05) is 23.0 Å². The average molecular weight is 410 g/mol. The van der Waals surface area contributed by atoms with E-state index in [2.05, 4.69) is 5.16 Å². The third-order valence-electron chi connectivity index (χ3n) is 4.91. The summed E-state index contributed by atoms with van der Waals surface area (Å²) in [5, 5.41) is 3.96. The lowest BCUT2D eigenvalue weighted by atomic mass is 10.1. The van der Waals surface area contributed by atoms with E-state index in [1.165, 1.54) is 6.26 Å². The van der Waals surface area contributed by atoms with Gasteiger partial charge in [-0.05, 0) is 39.0 Å². The molecule has 1 aliphatic heterocycles. The van der Waals surface area contributed by atoms with Gasteiger partial charge in [0.15, 0.2) is 11.6 Å². The van der Waals surface area contributed by atoms with Gasteiger partial charge in [-0.25, -0.2) is 14.6 Å². The summed E-state index contributed by atoms with van der Waals surface area (Å²) in [6, 6.07) is 5.72. The van der Waals surface area contributed by atoms with E-state index in [0.717, 1.165) is 10.6 Å². The van der Waals surface area contributed by atoms with Gasteiger partial charge in [-0.1, -0.05) is 5.16 Å². The molecule has 1 aliphatic rings. The summed E-state index contributed by atoms with van der Waals surface area (Å²) in [7, 11) is 0. The van der Waals surface area contributed by atoms with Crippen LogP contribution in [-0.4, -0.2) is 49.7 Å². The first kappa shape index (κ1) is 19.4. The Morgan fingerprint density at radius 2 is 1.80 bits per heavy atom. The van der Waals surface area contributed by atoms with Gasteiger partial charge in [-0.2, -0.15) is 0 Å². The predicted molar refractivity (Wildman–Crippen MR) is 101 cm³/mol. The van der Waals surface area contributed by atoms with Crippen LogP contribution in [0.5, 0.6) is 0 Å². The van der Waals surface area contributed by atoms with Crippen LogP contribution in [0, 0.1) is 20.8 Å². The van der Waals surface area contributed by atoms with Crippen LogP contribution in [0.3, 0.4) is 0 Å². The molecule has 0 aliphatic carbocycles. The number of aromatic nitrogens is 2. The molecule has 1 fully saturated rings. The monoisotopic (exact) mass is 410 g/mol. The SMILES string of the molecule is Cc1cc(-n2c(C)cc(C(=O)CN3C(=O)C(=O)N(Cc4ccco4)C3=O)c2C)no1. The van der Waals surface area contributed by atoms with Crippen LogP contribution in [0.4, 0.5) is 4.79 Å². The zero-order valence-corrected chi connectivity index (χ0v) is 16.5. The van der Waals surface area contributed by atoms with E-state index in [1.54, 1.807) is 49.6 Å². The number of furan rings is 1. The molecule has 0 atom stereocenters. The van der Waals surface area contributed by atoms with E-state index in [4.69, 9.17) is 8.94 Å². The fraction of sp³-hybridized carbons (Fsp3) is 0.250. The van der Waals surface area contributed by atoms with Gasteiger partial charge in [0.1, 0.15) is 11.5 Å². The molecule has 154 valence electrons. The number of ketones is 1. The number of nitrogens with zero attached hydrogens (tertiary/aromatic N) is 4. The van der Waals surface area contributed by atoms with E-state index < -0.39 is 30.2 Å². The van der Waals surface area contributed by atoms with Gasteiger partial charge in [-0.15, -0.1) is 0 Å². The van der Waals surface area contributed by atoms with Crippen LogP contribution in [-0.2, 0) is 16.1 Å². The minimum absolute atomic E-state index is 0.179. The highest BCUT2D eigenvalue weighted by Gasteiger charge is 2.45. The van der Waals surface area contributed by atoms with E-state index in [-0.39, 0.29) is 6.54 Å². The van der Waals surface area contributed by atoms with Gasteiger partial charge in [-0.3, -0.25) is 19.0 Å². The molecule has 0 unspecified atom stereocenters. The first-order valence-corrected chi connectivity index (χ1v) is 9.13. The molecular formula is C20H18N4O6. The number of Topliss-reactive ketones (excluding diaryl/α,β-unsaturated/α-hetero) is 1. The number of rotatable bonds is 6. The molecule has 1 saturated heterocycles. The maximum absolute atomic E-state index is 12.9. The maximum atomic E-state index is 12.9. The fourth-order valence-electron chi connectivity index (χ4n) is 3.47. The highest BCUT2D eigenvalue weighted by Crippen LogP contribution is 2.23. The second kappa shape index (κ2) is 7.14. The third-order valence-corrected chi connectivity index (χ3v) is 4.91. The number of hydrogen-bond acceptors (Lipinski definition) is 7. The lowest BCUT2D eigenvalue weighted by Gasteiger charge is -2.14. The standard InChI is InChI=1S/C20H18N4O6/c1-11-7-15(13(3)24(11)17-8-12(2)30-21-17)16(25)10-23-19(27)18(26)22(20(23)28)9-14-5-4-6-29-14/h4-8H,9-10H2,1-3H3. The Kier molecular flexibility index (Phi) is 4.61. The molecule has 0 saturated carbocycles. The Bertz CT molecular complexity index is 1170. The van der Waals surface area contributed by atoms with E-state index in [0.29, 0.717) is 33.5 Å². The van der Waals surface area contributed by atoms with Crippen LogP contribution in [0.25, 0.3) is 5.82 Å². The Hall–Kier alpha value is -3.95. The molecule has 4 amide bonds. The number of imide groups is 2. The van der Waals surface area contributed by atoms with Crippen molar-refractivity contribution in [2.24, 2.45) is 0 Å². The highest BCUT2D eigenvalue weighted by molar-refractivity contribution is 6.45.